The monoisotopic (exact) mass is 235 g/mol. The van der Waals surface area contributed by atoms with Crippen LogP contribution in [0, 0.1) is 10.1 Å². The molecule has 6 heteroatoms. The van der Waals surface area contributed by atoms with Crippen LogP contribution < -0.4 is 5.63 Å². The van der Waals surface area contributed by atoms with Crippen LogP contribution in [-0.4, -0.2) is 10.0 Å². The van der Waals surface area contributed by atoms with Crippen LogP contribution >= 0.6 is 0 Å². The van der Waals surface area contributed by atoms with Crippen LogP contribution in [-0.2, 0) is 0 Å². The second-order valence-corrected chi connectivity index (χ2v) is 3.58. The van der Waals surface area contributed by atoms with E-state index in [0.717, 1.165) is 0 Å². The molecule has 0 fully saturated rings. The Morgan fingerprint density at radius 3 is 2.65 bits per heavy atom. The molecule has 0 aliphatic rings. The van der Waals surface area contributed by atoms with E-state index in [1.165, 1.54) is 13.0 Å². The van der Waals surface area contributed by atoms with Crippen molar-refractivity contribution in [3.05, 3.63) is 50.4 Å². The molecule has 1 atom stereocenters. The average molecular weight is 235 g/mol. The number of fused-ring (bicyclic) bond motifs is 1. The van der Waals surface area contributed by atoms with Gasteiger partial charge < -0.3 is 9.52 Å². The highest BCUT2D eigenvalue weighted by atomic mass is 16.6. The van der Waals surface area contributed by atoms with Crippen molar-refractivity contribution >= 4 is 16.7 Å². The van der Waals surface area contributed by atoms with E-state index < -0.39 is 22.3 Å². The third-order valence-electron chi connectivity index (χ3n) is 2.43. The number of nitrogens with zero attached hydrogens (tertiary/aromatic N) is 1. The molecule has 0 aliphatic heterocycles. The van der Waals surface area contributed by atoms with E-state index in [1.54, 1.807) is 18.2 Å². The number of rotatable bonds is 2. The number of benzene rings is 1. The minimum absolute atomic E-state index is 0.0122. The fraction of sp³-hybridized carbons (Fsp3) is 0.182. The first-order valence-electron chi connectivity index (χ1n) is 4.90. The Morgan fingerprint density at radius 2 is 2.06 bits per heavy atom. The number of nitro groups is 1. The van der Waals surface area contributed by atoms with Crippen LogP contribution in [0.15, 0.2) is 33.5 Å². The summed E-state index contributed by atoms with van der Waals surface area (Å²) in [6.45, 7) is 1.37. The normalized spacial score (nSPS) is 12.6. The van der Waals surface area contributed by atoms with Crippen LogP contribution in [0.4, 0.5) is 5.69 Å². The predicted octanol–water partition coefficient (Wildman–Crippen LogP) is 1.75. The molecule has 1 aromatic heterocycles. The zero-order valence-electron chi connectivity index (χ0n) is 8.91. The molecule has 0 aliphatic carbocycles. The van der Waals surface area contributed by atoms with Gasteiger partial charge in [0.1, 0.15) is 5.58 Å². The van der Waals surface area contributed by atoms with E-state index in [0.29, 0.717) is 5.39 Å². The van der Waals surface area contributed by atoms with Crippen LogP contribution in [0.1, 0.15) is 18.6 Å². The summed E-state index contributed by atoms with van der Waals surface area (Å²) in [6, 6.07) is 6.38. The Labute approximate surface area is 95.3 Å². The summed E-state index contributed by atoms with van der Waals surface area (Å²) < 4.78 is 4.84. The minimum atomic E-state index is -1.12. The highest BCUT2D eigenvalue weighted by Gasteiger charge is 2.26. The molecular weight excluding hydrogens is 226 g/mol. The maximum Gasteiger partial charge on any atom is 0.415 e. The Morgan fingerprint density at radius 1 is 1.41 bits per heavy atom. The maximum absolute atomic E-state index is 11.5. The number of aliphatic hydroxyl groups is 1. The lowest BCUT2D eigenvalue weighted by Gasteiger charge is -2.07. The van der Waals surface area contributed by atoms with E-state index in [1.807, 2.05) is 0 Å². The van der Waals surface area contributed by atoms with Crippen molar-refractivity contribution in [3.63, 3.8) is 0 Å². The number of aliphatic hydroxyl groups excluding tert-OH is 1. The maximum atomic E-state index is 11.5. The summed E-state index contributed by atoms with van der Waals surface area (Å²) in [6.07, 6.45) is -1.12. The molecule has 0 saturated carbocycles. The fourth-order valence-electron chi connectivity index (χ4n) is 1.76. The van der Waals surface area contributed by atoms with Crippen LogP contribution in [0.2, 0.25) is 0 Å². The van der Waals surface area contributed by atoms with Crippen molar-refractivity contribution < 1.29 is 14.4 Å². The van der Waals surface area contributed by atoms with Gasteiger partial charge in [0.15, 0.2) is 0 Å². The standard InChI is InChI=1S/C11H9NO5/c1-6(13)9-7-4-2-3-5-8(7)17-11(14)10(9)12(15)16/h2-6,13H,1H3. The Bertz CT molecular complexity index is 644. The number of hydrogen-bond donors (Lipinski definition) is 1. The van der Waals surface area contributed by atoms with Gasteiger partial charge in [-0.25, -0.2) is 4.79 Å². The lowest BCUT2D eigenvalue weighted by Crippen LogP contribution is -2.12. The van der Waals surface area contributed by atoms with Crippen molar-refractivity contribution in [1.29, 1.82) is 0 Å². The fourth-order valence-corrected chi connectivity index (χ4v) is 1.76. The first kappa shape index (κ1) is 11.3. The molecule has 0 amide bonds. The molecule has 2 aromatic rings. The van der Waals surface area contributed by atoms with E-state index >= 15 is 0 Å². The molecule has 0 bridgehead atoms. The molecule has 0 spiro atoms. The molecule has 0 saturated heterocycles. The highest BCUT2D eigenvalue weighted by molar-refractivity contribution is 5.83. The van der Waals surface area contributed by atoms with E-state index in [2.05, 4.69) is 0 Å². The van der Waals surface area contributed by atoms with E-state index in [4.69, 9.17) is 4.42 Å². The molecule has 1 heterocycles. The topological polar surface area (TPSA) is 93.6 Å². The zero-order valence-corrected chi connectivity index (χ0v) is 8.91. The molecule has 1 N–H and O–H groups in total. The lowest BCUT2D eigenvalue weighted by atomic mass is 10.0. The average Bonchev–Trinajstić information content (AvgIpc) is 2.26. The number of para-hydroxylation sites is 1. The van der Waals surface area contributed by atoms with Crippen molar-refractivity contribution in [1.82, 2.24) is 0 Å². The summed E-state index contributed by atoms with van der Waals surface area (Å²) >= 11 is 0. The molecule has 2 rings (SSSR count). The summed E-state index contributed by atoms with van der Waals surface area (Å²) in [4.78, 5) is 21.5. The van der Waals surface area contributed by atoms with Gasteiger partial charge in [0, 0.05) is 5.39 Å². The van der Waals surface area contributed by atoms with Gasteiger partial charge in [-0.2, -0.15) is 0 Å². The van der Waals surface area contributed by atoms with Gasteiger partial charge in [-0.3, -0.25) is 10.1 Å². The first-order valence-corrected chi connectivity index (χ1v) is 4.90. The van der Waals surface area contributed by atoms with Crippen LogP contribution in [0.5, 0.6) is 0 Å². The van der Waals surface area contributed by atoms with Gasteiger partial charge in [-0.15, -0.1) is 0 Å². The van der Waals surface area contributed by atoms with Crippen LogP contribution in [0.25, 0.3) is 11.0 Å². The van der Waals surface area contributed by atoms with E-state index in [-0.39, 0.29) is 11.1 Å². The summed E-state index contributed by atoms with van der Waals surface area (Å²) in [5.41, 5.74) is -1.55. The Hall–Kier alpha value is -2.21. The van der Waals surface area contributed by atoms with Gasteiger partial charge in [-0.05, 0) is 13.0 Å². The molecular formula is C11H9NO5. The third kappa shape index (κ3) is 1.78. The third-order valence-corrected chi connectivity index (χ3v) is 2.43. The molecule has 88 valence electrons. The molecule has 6 nitrogen and oxygen atoms in total. The number of hydrogen-bond acceptors (Lipinski definition) is 5. The molecule has 1 unspecified atom stereocenters. The molecule has 17 heavy (non-hydrogen) atoms. The summed E-state index contributed by atoms with van der Waals surface area (Å²) in [5, 5.41) is 20.8. The predicted molar refractivity (Wildman–Crippen MR) is 59.8 cm³/mol. The van der Waals surface area contributed by atoms with Gasteiger partial charge >= 0.3 is 11.3 Å². The smallest absolute Gasteiger partial charge is 0.415 e. The lowest BCUT2D eigenvalue weighted by molar-refractivity contribution is -0.388. The van der Waals surface area contributed by atoms with Crippen molar-refractivity contribution in [3.8, 4) is 0 Å². The minimum Gasteiger partial charge on any atom is -0.418 e. The largest absolute Gasteiger partial charge is 0.418 e. The SMILES string of the molecule is CC(O)c1c([N+](=O)[O-])c(=O)oc2ccccc12. The van der Waals surface area contributed by atoms with Crippen molar-refractivity contribution in [2.75, 3.05) is 0 Å². The Balaban J connectivity index is 2.99. The second kappa shape index (κ2) is 3.99. The molecule has 0 radical (unpaired) electrons. The van der Waals surface area contributed by atoms with Crippen LogP contribution in [0.3, 0.4) is 0 Å². The quantitative estimate of drug-likeness (QED) is 0.486. The summed E-state index contributed by atoms with van der Waals surface area (Å²) in [7, 11) is 0. The highest BCUT2D eigenvalue weighted by Crippen LogP contribution is 2.29. The van der Waals surface area contributed by atoms with Crippen molar-refractivity contribution in [2.24, 2.45) is 0 Å². The Kier molecular flexibility index (Phi) is 2.64. The second-order valence-electron chi connectivity index (χ2n) is 3.58. The first-order chi connectivity index (χ1) is 8.02. The summed E-state index contributed by atoms with van der Waals surface area (Å²) in [5.74, 6) is 0. The van der Waals surface area contributed by atoms with Gasteiger partial charge in [0.25, 0.3) is 0 Å². The molecule has 1 aromatic carbocycles. The van der Waals surface area contributed by atoms with Gasteiger partial charge in [0.05, 0.1) is 16.6 Å². The zero-order chi connectivity index (χ0) is 12.6. The van der Waals surface area contributed by atoms with Gasteiger partial charge in [-0.1, -0.05) is 18.2 Å². The van der Waals surface area contributed by atoms with Gasteiger partial charge in [0.2, 0.25) is 0 Å². The van der Waals surface area contributed by atoms with Crippen molar-refractivity contribution in [2.45, 2.75) is 13.0 Å². The van der Waals surface area contributed by atoms with E-state index in [9.17, 15) is 20.0 Å².